The number of nitrogens with zero attached hydrogens (tertiary/aromatic N) is 2. The molecule has 136 valence electrons. The van der Waals surface area contributed by atoms with E-state index in [1.165, 1.54) is 6.20 Å². The van der Waals surface area contributed by atoms with Crippen LogP contribution in [0.15, 0.2) is 54.7 Å². The van der Waals surface area contributed by atoms with Gasteiger partial charge in [-0.3, -0.25) is 14.6 Å². The van der Waals surface area contributed by atoms with Crippen LogP contribution < -0.4 is 10.6 Å². The van der Waals surface area contributed by atoms with Gasteiger partial charge in [-0.1, -0.05) is 12.1 Å². The van der Waals surface area contributed by atoms with Crippen molar-refractivity contribution in [3.63, 3.8) is 0 Å². The maximum Gasteiger partial charge on any atom is 0.275 e. The molecule has 2 amide bonds. The average molecular weight is 362 g/mol. The molecule has 0 bridgehead atoms. The molecule has 0 unspecified atom stereocenters. The predicted octanol–water partition coefficient (Wildman–Crippen LogP) is 3.00. The summed E-state index contributed by atoms with van der Waals surface area (Å²) in [5, 5.41) is 5.60. The van der Waals surface area contributed by atoms with E-state index in [1.54, 1.807) is 24.3 Å². The van der Waals surface area contributed by atoms with Gasteiger partial charge >= 0.3 is 0 Å². The van der Waals surface area contributed by atoms with E-state index in [2.05, 4.69) is 20.6 Å². The minimum absolute atomic E-state index is 0.143. The monoisotopic (exact) mass is 362 g/mol. The lowest BCUT2D eigenvalue weighted by molar-refractivity contribution is -0.124. The summed E-state index contributed by atoms with van der Waals surface area (Å²) in [5.41, 5.74) is 2.89. The van der Waals surface area contributed by atoms with Gasteiger partial charge in [0.1, 0.15) is 11.8 Å². The number of carbonyl (C=O) groups is 2. The molecule has 0 saturated carbocycles. The van der Waals surface area contributed by atoms with Crippen LogP contribution in [0, 0.1) is 0 Å². The Kier molecular flexibility index (Phi) is 4.76. The maximum absolute atomic E-state index is 12.4. The Labute approximate surface area is 155 Å². The number of benzene rings is 2. The van der Waals surface area contributed by atoms with E-state index in [0.717, 1.165) is 18.4 Å². The zero-order chi connectivity index (χ0) is 18.6. The van der Waals surface area contributed by atoms with E-state index in [-0.39, 0.29) is 23.6 Å². The highest BCUT2D eigenvalue weighted by atomic mass is 16.5. The van der Waals surface area contributed by atoms with Crippen LogP contribution in [-0.2, 0) is 9.53 Å². The van der Waals surface area contributed by atoms with Crippen molar-refractivity contribution < 1.29 is 14.3 Å². The number of carbonyl (C=O) groups excluding carboxylic acids is 2. The van der Waals surface area contributed by atoms with Crippen LogP contribution in [0.4, 0.5) is 11.4 Å². The summed E-state index contributed by atoms with van der Waals surface area (Å²) >= 11 is 0. The molecule has 2 aromatic carbocycles. The quantitative estimate of drug-likeness (QED) is 0.744. The summed E-state index contributed by atoms with van der Waals surface area (Å²) in [6.45, 7) is 0.626. The predicted molar refractivity (Wildman–Crippen MR) is 102 cm³/mol. The topological polar surface area (TPSA) is 93.2 Å². The molecule has 1 aliphatic rings. The Morgan fingerprint density at radius 3 is 2.37 bits per heavy atom. The molecule has 7 nitrogen and oxygen atoms in total. The zero-order valence-corrected chi connectivity index (χ0v) is 14.5. The van der Waals surface area contributed by atoms with Crippen LogP contribution in [-0.4, -0.2) is 34.5 Å². The number of hydrogen-bond acceptors (Lipinski definition) is 5. The second-order valence-corrected chi connectivity index (χ2v) is 6.27. The zero-order valence-electron chi connectivity index (χ0n) is 14.5. The van der Waals surface area contributed by atoms with Crippen molar-refractivity contribution in [1.82, 2.24) is 9.97 Å². The number of rotatable bonds is 4. The number of para-hydroxylation sites is 2. The lowest BCUT2D eigenvalue weighted by atomic mass is 10.2. The molecule has 1 saturated heterocycles. The van der Waals surface area contributed by atoms with Gasteiger partial charge in [0.15, 0.2) is 0 Å². The first-order chi connectivity index (χ1) is 13.2. The summed E-state index contributed by atoms with van der Waals surface area (Å²) < 4.78 is 5.36. The molecule has 2 N–H and O–H groups in total. The van der Waals surface area contributed by atoms with Crippen molar-refractivity contribution >= 4 is 34.2 Å². The second-order valence-electron chi connectivity index (χ2n) is 6.27. The SMILES string of the molecule is O=C(Nc1ccc(NC(=O)[C@H]2CCCO2)cc1)c1cnc2ccccc2n1. The summed E-state index contributed by atoms with van der Waals surface area (Å²) in [6.07, 6.45) is 2.72. The largest absolute Gasteiger partial charge is 0.368 e. The van der Waals surface area contributed by atoms with Crippen molar-refractivity contribution in [2.75, 3.05) is 17.2 Å². The molecule has 3 aromatic rings. The standard InChI is InChI=1S/C20H18N4O3/c25-19(17-12-21-15-4-1-2-5-16(15)24-17)22-13-7-9-14(10-8-13)23-20(26)18-6-3-11-27-18/h1-2,4-5,7-10,12,18H,3,6,11H2,(H,22,25)(H,23,26)/t18-/m1/s1. The van der Waals surface area contributed by atoms with Crippen LogP contribution in [0.5, 0.6) is 0 Å². The average Bonchev–Trinajstić information content (AvgIpc) is 3.24. The molecule has 1 aliphatic heterocycles. The molecule has 0 spiro atoms. The van der Waals surface area contributed by atoms with Gasteiger partial charge in [0.2, 0.25) is 0 Å². The third kappa shape index (κ3) is 3.93. The molecule has 27 heavy (non-hydrogen) atoms. The normalized spacial score (nSPS) is 16.2. The van der Waals surface area contributed by atoms with Gasteiger partial charge in [-0.2, -0.15) is 0 Å². The van der Waals surface area contributed by atoms with Crippen LogP contribution in [0.2, 0.25) is 0 Å². The summed E-state index contributed by atoms with van der Waals surface area (Å²) in [4.78, 5) is 33.0. The van der Waals surface area contributed by atoms with Gasteiger partial charge in [0.05, 0.1) is 17.2 Å². The van der Waals surface area contributed by atoms with Crippen LogP contribution in [0.25, 0.3) is 11.0 Å². The van der Waals surface area contributed by atoms with E-state index in [0.29, 0.717) is 23.5 Å². The molecule has 2 heterocycles. The summed E-state index contributed by atoms with van der Waals surface area (Å²) in [6, 6.07) is 14.3. The Balaban J connectivity index is 1.41. The van der Waals surface area contributed by atoms with Gasteiger partial charge in [0, 0.05) is 18.0 Å². The smallest absolute Gasteiger partial charge is 0.275 e. The van der Waals surface area contributed by atoms with E-state index in [9.17, 15) is 9.59 Å². The van der Waals surface area contributed by atoms with E-state index < -0.39 is 0 Å². The number of anilines is 2. The van der Waals surface area contributed by atoms with Gasteiger partial charge < -0.3 is 15.4 Å². The van der Waals surface area contributed by atoms with Crippen molar-refractivity contribution in [2.45, 2.75) is 18.9 Å². The number of amides is 2. The fourth-order valence-electron chi connectivity index (χ4n) is 2.91. The lowest BCUT2D eigenvalue weighted by Crippen LogP contribution is -2.26. The first-order valence-electron chi connectivity index (χ1n) is 8.75. The molecule has 1 atom stereocenters. The van der Waals surface area contributed by atoms with Gasteiger partial charge in [0.25, 0.3) is 11.8 Å². The fourth-order valence-corrected chi connectivity index (χ4v) is 2.91. The third-order valence-corrected chi connectivity index (χ3v) is 4.31. The number of hydrogen-bond donors (Lipinski definition) is 2. The van der Waals surface area contributed by atoms with Crippen molar-refractivity contribution in [3.8, 4) is 0 Å². The van der Waals surface area contributed by atoms with Crippen molar-refractivity contribution in [3.05, 3.63) is 60.4 Å². The first kappa shape index (κ1) is 17.1. The Morgan fingerprint density at radius 1 is 0.963 bits per heavy atom. The van der Waals surface area contributed by atoms with Crippen LogP contribution in [0.3, 0.4) is 0 Å². The van der Waals surface area contributed by atoms with E-state index in [4.69, 9.17) is 4.74 Å². The third-order valence-electron chi connectivity index (χ3n) is 4.31. The van der Waals surface area contributed by atoms with Gasteiger partial charge in [-0.25, -0.2) is 4.98 Å². The Morgan fingerprint density at radius 2 is 1.67 bits per heavy atom. The molecule has 4 rings (SSSR count). The number of fused-ring (bicyclic) bond motifs is 1. The molecular weight excluding hydrogens is 344 g/mol. The molecule has 1 fully saturated rings. The number of nitrogens with one attached hydrogen (secondary N) is 2. The minimum atomic E-state index is -0.379. The van der Waals surface area contributed by atoms with Gasteiger partial charge in [-0.05, 0) is 49.2 Å². The summed E-state index contributed by atoms with van der Waals surface area (Å²) in [5.74, 6) is -0.486. The molecule has 0 aliphatic carbocycles. The van der Waals surface area contributed by atoms with E-state index in [1.807, 2.05) is 24.3 Å². The van der Waals surface area contributed by atoms with Crippen LogP contribution in [0.1, 0.15) is 23.3 Å². The van der Waals surface area contributed by atoms with Crippen molar-refractivity contribution in [2.24, 2.45) is 0 Å². The minimum Gasteiger partial charge on any atom is -0.368 e. The molecular formula is C20H18N4O3. The maximum atomic E-state index is 12.4. The van der Waals surface area contributed by atoms with Crippen molar-refractivity contribution in [1.29, 1.82) is 0 Å². The van der Waals surface area contributed by atoms with Gasteiger partial charge in [-0.15, -0.1) is 0 Å². The first-order valence-corrected chi connectivity index (χ1v) is 8.75. The highest BCUT2D eigenvalue weighted by molar-refractivity contribution is 6.03. The number of aromatic nitrogens is 2. The second kappa shape index (κ2) is 7.51. The number of ether oxygens (including phenoxy) is 1. The molecule has 0 radical (unpaired) electrons. The fraction of sp³-hybridized carbons (Fsp3) is 0.200. The summed E-state index contributed by atoms with van der Waals surface area (Å²) in [7, 11) is 0. The Hall–Kier alpha value is -3.32. The highest BCUT2D eigenvalue weighted by Crippen LogP contribution is 2.18. The lowest BCUT2D eigenvalue weighted by Gasteiger charge is -2.11. The van der Waals surface area contributed by atoms with Crippen LogP contribution >= 0.6 is 0 Å². The van der Waals surface area contributed by atoms with E-state index >= 15 is 0 Å². The Bertz CT molecular complexity index is 982. The molecule has 1 aromatic heterocycles. The highest BCUT2D eigenvalue weighted by Gasteiger charge is 2.23. The molecule has 7 heteroatoms.